The van der Waals surface area contributed by atoms with Crippen molar-refractivity contribution in [2.24, 2.45) is 17.3 Å². The summed E-state index contributed by atoms with van der Waals surface area (Å²) < 4.78 is 0. The van der Waals surface area contributed by atoms with Crippen LogP contribution in [0.4, 0.5) is 0 Å². The molecule has 1 unspecified atom stereocenters. The first-order valence-electron chi connectivity index (χ1n) is 5.01. The molecule has 13 heavy (non-hydrogen) atoms. The Morgan fingerprint density at radius 2 is 2.08 bits per heavy atom. The molecule has 0 radical (unpaired) electrons. The minimum atomic E-state index is 0.271. The highest BCUT2D eigenvalue weighted by molar-refractivity contribution is 9.09. The van der Waals surface area contributed by atoms with Crippen molar-refractivity contribution >= 4 is 15.9 Å². The third-order valence-corrected chi connectivity index (χ3v) is 5.27. The highest BCUT2D eigenvalue weighted by atomic mass is 79.9. The highest BCUT2D eigenvalue weighted by Gasteiger charge is 2.42. The maximum absolute atomic E-state index is 8.79. The van der Waals surface area contributed by atoms with Crippen LogP contribution in [-0.2, 0) is 0 Å². The number of hydrogen-bond donors (Lipinski definition) is 0. The zero-order valence-electron chi connectivity index (χ0n) is 8.68. The van der Waals surface area contributed by atoms with Crippen LogP contribution in [0.2, 0.25) is 0 Å². The lowest BCUT2D eigenvalue weighted by atomic mass is 9.63. The fourth-order valence-corrected chi connectivity index (χ4v) is 3.11. The van der Waals surface area contributed by atoms with E-state index in [0.717, 1.165) is 0 Å². The van der Waals surface area contributed by atoms with E-state index in [-0.39, 0.29) is 5.41 Å². The molecule has 0 N–H and O–H groups in total. The van der Waals surface area contributed by atoms with E-state index in [1.54, 1.807) is 0 Å². The van der Waals surface area contributed by atoms with Crippen LogP contribution in [0.1, 0.15) is 40.0 Å². The number of halogens is 1. The van der Waals surface area contributed by atoms with Crippen LogP contribution >= 0.6 is 15.9 Å². The number of rotatable bonds is 1. The molecule has 1 nitrogen and oxygen atoms in total. The van der Waals surface area contributed by atoms with E-state index in [0.29, 0.717) is 23.1 Å². The SMILES string of the molecule is CC1CC[C@H](Br)C(C)(C)[C@@H]1CC#N. The van der Waals surface area contributed by atoms with Crippen LogP contribution in [-0.4, -0.2) is 4.83 Å². The zero-order chi connectivity index (χ0) is 10.1. The minimum Gasteiger partial charge on any atom is -0.198 e. The molecular formula is C11H18BrN. The van der Waals surface area contributed by atoms with Crippen LogP contribution < -0.4 is 0 Å². The maximum atomic E-state index is 8.79. The molecule has 1 aliphatic carbocycles. The summed E-state index contributed by atoms with van der Waals surface area (Å²) in [7, 11) is 0. The number of hydrogen-bond acceptors (Lipinski definition) is 1. The van der Waals surface area contributed by atoms with Gasteiger partial charge >= 0.3 is 0 Å². The average molecular weight is 244 g/mol. The third kappa shape index (κ3) is 2.07. The van der Waals surface area contributed by atoms with Gasteiger partial charge in [-0.05, 0) is 30.1 Å². The lowest BCUT2D eigenvalue weighted by molar-refractivity contribution is 0.0980. The molecule has 0 heterocycles. The number of alkyl halides is 1. The van der Waals surface area contributed by atoms with E-state index in [9.17, 15) is 0 Å². The van der Waals surface area contributed by atoms with Gasteiger partial charge in [0.2, 0.25) is 0 Å². The summed E-state index contributed by atoms with van der Waals surface area (Å²) in [6, 6.07) is 2.32. The molecular weight excluding hydrogens is 226 g/mol. The molecule has 1 saturated carbocycles. The van der Waals surface area contributed by atoms with E-state index in [2.05, 4.69) is 42.8 Å². The van der Waals surface area contributed by atoms with Crippen molar-refractivity contribution in [1.82, 2.24) is 0 Å². The molecule has 0 aromatic carbocycles. The first kappa shape index (κ1) is 11.0. The molecule has 0 aliphatic heterocycles. The van der Waals surface area contributed by atoms with Gasteiger partial charge in [-0.3, -0.25) is 0 Å². The molecule has 1 aliphatic rings. The Hall–Kier alpha value is -0.0300. The summed E-state index contributed by atoms with van der Waals surface area (Å²) in [6.45, 7) is 6.84. The second kappa shape index (κ2) is 4.00. The summed E-state index contributed by atoms with van der Waals surface area (Å²) in [5, 5.41) is 8.79. The molecule has 0 bridgehead atoms. The van der Waals surface area contributed by atoms with Crippen LogP contribution in [0, 0.1) is 28.6 Å². The minimum absolute atomic E-state index is 0.271. The fourth-order valence-electron chi connectivity index (χ4n) is 2.51. The highest BCUT2D eigenvalue weighted by Crippen LogP contribution is 2.48. The molecule has 3 atom stereocenters. The Kier molecular flexibility index (Phi) is 3.40. The molecule has 0 aromatic heterocycles. The Morgan fingerprint density at radius 1 is 1.46 bits per heavy atom. The van der Waals surface area contributed by atoms with Crippen molar-refractivity contribution in [1.29, 1.82) is 5.26 Å². The molecule has 2 heteroatoms. The van der Waals surface area contributed by atoms with Gasteiger partial charge < -0.3 is 0 Å². The predicted octanol–water partition coefficient (Wildman–Crippen LogP) is 3.74. The number of nitriles is 1. The van der Waals surface area contributed by atoms with Crippen LogP contribution in [0.15, 0.2) is 0 Å². The van der Waals surface area contributed by atoms with Crippen molar-refractivity contribution in [3.8, 4) is 6.07 Å². The van der Waals surface area contributed by atoms with E-state index >= 15 is 0 Å². The van der Waals surface area contributed by atoms with E-state index in [1.165, 1.54) is 12.8 Å². The van der Waals surface area contributed by atoms with Crippen LogP contribution in [0.3, 0.4) is 0 Å². The maximum Gasteiger partial charge on any atom is 0.0624 e. The lowest BCUT2D eigenvalue weighted by Gasteiger charge is -2.45. The summed E-state index contributed by atoms with van der Waals surface area (Å²) in [4.78, 5) is 0.578. The zero-order valence-corrected chi connectivity index (χ0v) is 10.3. The summed E-state index contributed by atoms with van der Waals surface area (Å²) in [6.07, 6.45) is 3.21. The van der Waals surface area contributed by atoms with Gasteiger partial charge in [-0.1, -0.05) is 36.7 Å². The van der Waals surface area contributed by atoms with Crippen molar-refractivity contribution in [2.45, 2.75) is 44.9 Å². The van der Waals surface area contributed by atoms with E-state index in [1.807, 2.05) is 0 Å². The van der Waals surface area contributed by atoms with Gasteiger partial charge in [0.25, 0.3) is 0 Å². The molecule has 0 saturated heterocycles. The molecule has 0 aromatic rings. The van der Waals surface area contributed by atoms with Crippen molar-refractivity contribution in [3.63, 3.8) is 0 Å². The average Bonchev–Trinajstić information content (AvgIpc) is 2.06. The van der Waals surface area contributed by atoms with Crippen LogP contribution in [0.5, 0.6) is 0 Å². The van der Waals surface area contributed by atoms with Gasteiger partial charge in [0.1, 0.15) is 0 Å². The smallest absolute Gasteiger partial charge is 0.0624 e. The predicted molar refractivity (Wildman–Crippen MR) is 58.6 cm³/mol. The first-order chi connectivity index (χ1) is 6.00. The summed E-state index contributed by atoms with van der Waals surface area (Å²) in [5.41, 5.74) is 0.271. The third-order valence-electron chi connectivity index (χ3n) is 3.64. The molecule has 0 spiro atoms. The summed E-state index contributed by atoms with van der Waals surface area (Å²) in [5.74, 6) is 1.25. The van der Waals surface area contributed by atoms with Gasteiger partial charge in [0, 0.05) is 11.2 Å². The fraction of sp³-hybridized carbons (Fsp3) is 0.909. The Bertz CT molecular complexity index is 217. The van der Waals surface area contributed by atoms with Crippen molar-refractivity contribution in [2.75, 3.05) is 0 Å². The Balaban J connectivity index is 2.79. The quantitative estimate of drug-likeness (QED) is 0.644. The molecule has 1 fully saturated rings. The van der Waals surface area contributed by atoms with Crippen molar-refractivity contribution < 1.29 is 0 Å². The normalized spacial score (nSPS) is 38.2. The second-order valence-corrected chi connectivity index (χ2v) is 5.92. The first-order valence-corrected chi connectivity index (χ1v) is 5.92. The largest absolute Gasteiger partial charge is 0.198 e. The van der Waals surface area contributed by atoms with E-state index < -0.39 is 0 Å². The van der Waals surface area contributed by atoms with Crippen LogP contribution in [0.25, 0.3) is 0 Å². The topological polar surface area (TPSA) is 23.8 Å². The Morgan fingerprint density at radius 3 is 2.62 bits per heavy atom. The van der Waals surface area contributed by atoms with Crippen molar-refractivity contribution in [3.05, 3.63) is 0 Å². The lowest BCUT2D eigenvalue weighted by Crippen LogP contribution is -2.41. The Labute approximate surface area is 89.6 Å². The monoisotopic (exact) mass is 243 g/mol. The molecule has 74 valence electrons. The van der Waals surface area contributed by atoms with Gasteiger partial charge in [-0.2, -0.15) is 5.26 Å². The van der Waals surface area contributed by atoms with E-state index in [4.69, 9.17) is 5.26 Å². The second-order valence-electron chi connectivity index (χ2n) is 4.81. The number of nitrogens with zero attached hydrogens (tertiary/aromatic N) is 1. The molecule has 1 rings (SSSR count). The van der Waals surface area contributed by atoms with Gasteiger partial charge in [0.05, 0.1) is 6.07 Å². The van der Waals surface area contributed by atoms with Gasteiger partial charge in [-0.15, -0.1) is 0 Å². The van der Waals surface area contributed by atoms with Gasteiger partial charge in [-0.25, -0.2) is 0 Å². The summed E-state index contributed by atoms with van der Waals surface area (Å²) >= 11 is 3.74. The molecule has 0 amide bonds. The van der Waals surface area contributed by atoms with Gasteiger partial charge in [0.15, 0.2) is 0 Å². The standard InChI is InChI=1S/C11H18BrN/c1-8-4-5-10(12)11(2,3)9(8)6-7-13/h8-10H,4-6H2,1-3H3/t8?,9-,10+/m1/s1.